The molecule has 1 N–H and O–H groups in total. The van der Waals surface area contributed by atoms with Crippen molar-refractivity contribution in [2.24, 2.45) is 0 Å². The molecule has 0 unspecified atom stereocenters. The summed E-state index contributed by atoms with van der Waals surface area (Å²) in [4.78, 5) is 0.0509. The number of aryl methyl sites for hydroxylation is 2. The van der Waals surface area contributed by atoms with Crippen molar-refractivity contribution in [3.8, 4) is 0 Å². The molecule has 5 heteroatoms. The van der Waals surface area contributed by atoms with Gasteiger partial charge in [-0.3, -0.25) is 4.55 Å². The van der Waals surface area contributed by atoms with Crippen molar-refractivity contribution in [3.63, 3.8) is 0 Å². The van der Waals surface area contributed by atoms with E-state index in [0.29, 0.717) is 11.1 Å². The van der Waals surface area contributed by atoms with E-state index < -0.39 is 10.1 Å². The molecule has 1 rings (SSSR count). The summed E-state index contributed by atoms with van der Waals surface area (Å²) < 4.78 is 31.3. The quantitative estimate of drug-likeness (QED) is 0.637. The summed E-state index contributed by atoms with van der Waals surface area (Å²) in [6.07, 6.45) is 0. The van der Waals surface area contributed by atoms with Gasteiger partial charge in [-0.25, -0.2) is 0 Å². The molecule has 15 heavy (non-hydrogen) atoms. The van der Waals surface area contributed by atoms with E-state index in [1.807, 2.05) is 19.9 Å². The smallest absolute Gasteiger partial charge is 0.282 e. The van der Waals surface area contributed by atoms with Crippen molar-refractivity contribution in [2.45, 2.75) is 32.6 Å². The zero-order valence-corrected chi connectivity index (χ0v) is 11.3. The molecule has 0 aliphatic rings. The maximum atomic E-state index is 11.1. The second-order valence-corrected chi connectivity index (χ2v) is 4.92. The zero-order chi connectivity index (χ0) is 11.1. The molecule has 1 aromatic carbocycles. The van der Waals surface area contributed by atoms with E-state index in [-0.39, 0.29) is 27.3 Å². The minimum absolute atomic E-state index is 0. The zero-order valence-electron chi connectivity index (χ0n) is 9.05. The minimum atomic E-state index is -4.11. The number of benzene rings is 1. The Kier molecular flexibility index (Phi) is 4.76. The molecule has 0 amide bonds. The van der Waals surface area contributed by atoms with Crippen LogP contribution in [0, 0.1) is 27.7 Å². The summed E-state index contributed by atoms with van der Waals surface area (Å²) in [5.74, 6) is 0. The Labute approximate surface area is 106 Å². The summed E-state index contributed by atoms with van der Waals surface area (Å²) in [6.45, 7) is 7.06. The number of rotatable bonds is 1. The first kappa shape index (κ1) is 14.9. The van der Waals surface area contributed by atoms with Crippen LogP contribution in [-0.4, -0.2) is 13.0 Å². The van der Waals surface area contributed by atoms with E-state index in [4.69, 9.17) is 4.55 Å². The van der Waals surface area contributed by atoms with Crippen LogP contribution >= 0.6 is 0 Å². The van der Waals surface area contributed by atoms with E-state index in [1.165, 1.54) is 0 Å². The van der Waals surface area contributed by atoms with Gasteiger partial charge in [0.2, 0.25) is 0 Å². The van der Waals surface area contributed by atoms with Crippen LogP contribution < -0.4 is 0 Å². The number of hydrogen-bond donors (Lipinski definition) is 1. The Morgan fingerprint density at radius 3 is 1.60 bits per heavy atom. The van der Waals surface area contributed by atoms with Crippen LogP contribution in [0.3, 0.4) is 0 Å². The van der Waals surface area contributed by atoms with Crippen LogP contribution in [0.2, 0.25) is 0 Å². The molecule has 0 aliphatic carbocycles. The maximum Gasteiger partial charge on any atom is 0.295 e. The first-order valence-corrected chi connectivity index (χ1v) is 5.74. The third kappa shape index (κ3) is 2.92. The van der Waals surface area contributed by atoms with Gasteiger partial charge in [-0.2, -0.15) is 8.42 Å². The SMILES string of the molecule is Cc1cc(C)c(C)c(S(=O)(=O)O)c1C.[Ag]. The monoisotopic (exact) mass is 321 g/mol. The van der Waals surface area contributed by atoms with Crippen LogP contribution in [0.1, 0.15) is 22.3 Å². The molecule has 0 bridgehead atoms. The molecule has 89 valence electrons. The second kappa shape index (κ2) is 4.80. The Balaban J connectivity index is 0.00000196. The van der Waals surface area contributed by atoms with Crippen LogP contribution in [0.15, 0.2) is 11.0 Å². The van der Waals surface area contributed by atoms with Gasteiger partial charge in [0.15, 0.2) is 0 Å². The van der Waals surface area contributed by atoms with E-state index in [1.54, 1.807) is 13.8 Å². The first-order valence-electron chi connectivity index (χ1n) is 4.30. The number of hydrogen-bond acceptors (Lipinski definition) is 2. The van der Waals surface area contributed by atoms with Crippen molar-refractivity contribution in [2.75, 3.05) is 0 Å². The molecule has 3 nitrogen and oxygen atoms in total. The van der Waals surface area contributed by atoms with Gasteiger partial charge in [0.1, 0.15) is 4.90 Å². The molecular weight excluding hydrogens is 308 g/mol. The fraction of sp³-hybridized carbons (Fsp3) is 0.400. The predicted octanol–water partition coefficient (Wildman–Crippen LogP) is 2.16. The second-order valence-electron chi connectivity index (χ2n) is 3.56. The molecule has 0 aliphatic heterocycles. The van der Waals surface area contributed by atoms with Crippen molar-refractivity contribution in [1.82, 2.24) is 0 Å². The Morgan fingerprint density at radius 2 is 1.33 bits per heavy atom. The third-order valence-corrected chi connectivity index (χ3v) is 3.68. The summed E-state index contributed by atoms with van der Waals surface area (Å²) in [7, 11) is -4.11. The fourth-order valence-electron chi connectivity index (χ4n) is 1.57. The van der Waals surface area contributed by atoms with Crippen LogP contribution in [0.5, 0.6) is 0 Å². The van der Waals surface area contributed by atoms with Crippen molar-refractivity contribution >= 4 is 10.1 Å². The molecule has 0 fully saturated rings. The van der Waals surface area contributed by atoms with Gasteiger partial charge in [0, 0.05) is 22.4 Å². The van der Waals surface area contributed by atoms with Gasteiger partial charge in [-0.05, 0) is 49.9 Å². The van der Waals surface area contributed by atoms with E-state index in [9.17, 15) is 8.42 Å². The van der Waals surface area contributed by atoms with E-state index >= 15 is 0 Å². The molecule has 0 saturated carbocycles. The molecule has 0 atom stereocenters. The topological polar surface area (TPSA) is 54.4 Å². The normalized spacial score (nSPS) is 11.0. The van der Waals surface area contributed by atoms with Gasteiger partial charge in [-0.15, -0.1) is 0 Å². The van der Waals surface area contributed by atoms with E-state index in [0.717, 1.165) is 11.1 Å². The summed E-state index contributed by atoms with van der Waals surface area (Å²) in [5, 5.41) is 0. The summed E-state index contributed by atoms with van der Waals surface area (Å²) >= 11 is 0. The van der Waals surface area contributed by atoms with Crippen LogP contribution in [-0.2, 0) is 32.5 Å². The molecule has 1 aromatic rings. The van der Waals surface area contributed by atoms with Crippen molar-refractivity contribution < 1.29 is 35.4 Å². The average molecular weight is 322 g/mol. The van der Waals surface area contributed by atoms with Crippen LogP contribution in [0.4, 0.5) is 0 Å². The van der Waals surface area contributed by atoms with Gasteiger partial charge >= 0.3 is 0 Å². The van der Waals surface area contributed by atoms with Crippen molar-refractivity contribution in [3.05, 3.63) is 28.3 Å². The Morgan fingerprint density at radius 1 is 1.00 bits per heavy atom. The molecule has 0 spiro atoms. The largest absolute Gasteiger partial charge is 0.295 e. The average Bonchev–Trinajstić information content (AvgIpc) is 1.98. The molecule has 0 heterocycles. The van der Waals surface area contributed by atoms with Gasteiger partial charge < -0.3 is 0 Å². The summed E-state index contributed by atoms with van der Waals surface area (Å²) in [5.41, 5.74) is 2.99. The van der Waals surface area contributed by atoms with Crippen LogP contribution in [0.25, 0.3) is 0 Å². The third-order valence-electron chi connectivity index (χ3n) is 2.56. The first-order chi connectivity index (χ1) is 6.25. The van der Waals surface area contributed by atoms with Gasteiger partial charge in [0.25, 0.3) is 10.1 Å². The molecular formula is C10H14AgO3S. The molecule has 1 radical (unpaired) electrons. The van der Waals surface area contributed by atoms with Gasteiger partial charge in [-0.1, -0.05) is 6.07 Å². The minimum Gasteiger partial charge on any atom is -0.282 e. The Bertz CT molecular complexity index is 452. The Hall–Kier alpha value is -0.130. The maximum absolute atomic E-state index is 11.1. The van der Waals surface area contributed by atoms with E-state index in [2.05, 4.69) is 0 Å². The standard InChI is InChI=1S/C10H14O3S.Ag/c1-6-5-7(2)9(4)10(8(6)3)14(11,12)13;/h5H,1-4H3,(H,11,12,13);. The van der Waals surface area contributed by atoms with Crippen molar-refractivity contribution in [1.29, 1.82) is 0 Å². The summed E-state index contributed by atoms with van der Waals surface area (Å²) in [6, 6.07) is 1.92. The predicted molar refractivity (Wildman–Crippen MR) is 55.2 cm³/mol. The van der Waals surface area contributed by atoms with Gasteiger partial charge in [0.05, 0.1) is 0 Å². The fourth-order valence-corrected chi connectivity index (χ4v) is 2.66. The molecule has 0 aromatic heterocycles. The molecule has 0 saturated heterocycles.